The van der Waals surface area contributed by atoms with Gasteiger partial charge in [-0.1, -0.05) is 19.1 Å². The number of nitrogens with zero attached hydrogens (tertiary/aromatic N) is 3. The van der Waals surface area contributed by atoms with E-state index >= 15 is 0 Å². The molecule has 1 fully saturated rings. The van der Waals surface area contributed by atoms with Gasteiger partial charge in [0, 0.05) is 50.0 Å². The first-order valence-electron chi connectivity index (χ1n) is 10.5. The number of rotatable bonds is 7. The normalized spacial score (nSPS) is 14.6. The van der Waals surface area contributed by atoms with Crippen LogP contribution in [-0.2, 0) is 6.54 Å². The van der Waals surface area contributed by atoms with E-state index in [1.165, 1.54) is 11.3 Å². The van der Waals surface area contributed by atoms with Crippen LogP contribution in [0.4, 0.5) is 5.69 Å². The van der Waals surface area contributed by atoms with Crippen molar-refractivity contribution in [2.75, 3.05) is 44.7 Å². The summed E-state index contributed by atoms with van der Waals surface area (Å²) >= 11 is 0. The van der Waals surface area contributed by atoms with Gasteiger partial charge in [-0.25, -0.2) is 0 Å². The fourth-order valence-electron chi connectivity index (χ4n) is 3.79. The minimum Gasteiger partial charge on any atom is -0.497 e. The Bertz CT molecular complexity index is 779. The summed E-state index contributed by atoms with van der Waals surface area (Å²) < 4.78 is 5.23. The Morgan fingerprint density at radius 2 is 1.62 bits per heavy atom. The Hall–Kier alpha value is -2.53. The fraction of sp³-hybridized carbons (Fsp3) is 0.458. The molecule has 1 heterocycles. The lowest BCUT2D eigenvalue weighted by molar-refractivity contribution is 0.0746. The highest BCUT2D eigenvalue weighted by Gasteiger charge is 2.22. The average molecular weight is 396 g/mol. The molecule has 0 bridgehead atoms. The van der Waals surface area contributed by atoms with E-state index in [4.69, 9.17) is 4.74 Å². The first kappa shape index (κ1) is 21.2. The van der Waals surface area contributed by atoms with Crippen LogP contribution in [0.3, 0.4) is 0 Å². The maximum absolute atomic E-state index is 12.9. The molecule has 5 heteroatoms. The van der Waals surface area contributed by atoms with E-state index < -0.39 is 0 Å². The summed E-state index contributed by atoms with van der Waals surface area (Å²) in [5, 5.41) is 0. The predicted octanol–water partition coefficient (Wildman–Crippen LogP) is 3.89. The van der Waals surface area contributed by atoms with E-state index in [-0.39, 0.29) is 5.91 Å². The Labute approximate surface area is 174 Å². The topological polar surface area (TPSA) is 36.0 Å². The van der Waals surface area contributed by atoms with Gasteiger partial charge in [0.1, 0.15) is 5.75 Å². The number of benzene rings is 2. The molecule has 0 saturated carbocycles. The van der Waals surface area contributed by atoms with E-state index in [9.17, 15) is 4.79 Å². The Kier molecular flexibility index (Phi) is 7.15. The largest absolute Gasteiger partial charge is 0.497 e. The molecular weight excluding hydrogens is 362 g/mol. The zero-order chi connectivity index (χ0) is 20.8. The molecule has 1 saturated heterocycles. The van der Waals surface area contributed by atoms with Crippen LogP contribution < -0.4 is 9.64 Å². The van der Waals surface area contributed by atoms with Crippen LogP contribution >= 0.6 is 0 Å². The van der Waals surface area contributed by atoms with Gasteiger partial charge in [0.15, 0.2) is 0 Å². The third-order valence-corrected chi connectivity index (χ3v) is 5.73. The van der Waals surface area contributed by atoms with Crippen molar-refractivity contribution in [3.05, 3.63) is 59.7 Å². The van der Waals surface area contributed by atoms with Gasteiger partial charge in [-0.3, -0.25) is 9.69 Å². The van der Waals surface area contributed by atoms with Crippen molar-refractivity contribution in [2.24, 2.45) is 0 Å². The number of anilines is 1. The molecule has 0 unspecified atom stereocenters. The molecule has 3 rings (SSSR count). The molecule has 5 nitrogen and oxygen atoms in total. The summed E-state index contributed by atoms with van der Waals surface area (Å²) in [7, 11) is 1.68. The smallest absolute Gasteiger partial charge is 0.253 e. The summed E-state index contributed by atoms with van der Waals surface area (Å²) in [4.78, 5) is 19.6. The third-order valence-electron chi connectivity index (χ3n) is 5.73. The second-order valence-electron chi connectivity index (χ2n) is 7.83. The quantitative estimate of drug-likeness (QED) is 0.713. The minimum absolute atomic E-state index is 0.127. The van der Waals surface area contributed by atoms with Gasteiger partial charge in [0.05, 0.1) is 7.11 Å². The molecular formula is C24H33N3O2. The van der Waals surface area contributed by atoms with Gasteiger partial charge in [-0.05, 0) is 62.4 Å². The fourth-order valence-corrected chi connectivity index (χ4v) is 3.79. The maximum atomic E-state index is 12.9. The van der Waals surface area contributed by atoms with Crippen molar-refractivity contribution < 1.29 is 9.53 Å². The molecule has 2 aromatic rings. The number of carbonyl (C=O) groups is 1. The van der Waals surface area contributed by atoms with Crippen LogP contribution in [0.2, 0.25) is 0 Å². The molecule has 156 valence electrons. The van der Waals surface area contributed by atoms with E-state index in [0.29, 0.717) is 6.04 Å². The molecule has 1 amide bonds. The Morgan fingerprint density at radius 1 is 1.00 bits per heavy atom. The van der Waals surface area contributed by atoms with Crippen molar-refractivity contribution in [1.82, 2.24) is 9.80 Å². The number of hydrogen-bond acceptors (Lipinski definition) is 4. The van der Waals surface area contributed by atoms with Crippen molar-refractivity contribution >= 4 is 11.6 Å². The number of piperazine rings is 1. The molecule has 0 N–H and O–H groups in total. The van der Waals surface area contributed by atoms with E-state index in [1.54, 1.807) is 7.11 Å². The average Bonchev–Trinajstić information content (AvgIpc) is 2.77. The van der Waals surface area contributed by atoms with E-state index in [1.807, 2.05) is 29.2 Å². The number of hydrogen-bond donors (Lipinski definition) is 0. The highest BCUT2D eigenvalue weighted by Crippen LogP contribution is 2.21. The number of methoxy groups -OCH3 is 1. The van der Waals surface area contributed by atoms with Crippen LogP contribution in [0.5, 0.6) is 5.75 Å². The summed E-state index contributed by atoms with van der Waals surface area (Å²) in [6.45, 7) is 11.7. The summed E-state index contributed by atoms with van der Waals surface area (Å²) in [6.07, 6.45) is 0. The van der Waals surface area contributed by atoms with Gasteiger partial charge in [0.2, 0.25) is 0 Å². The van der Waals surface area contributed by atoms with Crippen LogP contribution in [0, 0.1) is 0 Å². The molecule has 1 aliphatic rings. The summed E-state index contributed by atoms with van der Waals surface area (Å²) in [5.41, 5.74) is 3.20. The summed E-state index contributed by atoms with van der Waals surface area (Å²) in [5.74, 6) is 0.989. The van der Waals surface area contributed by atoms with Crippen molar-refractivity contribution in [2.45, 2.75) is 33.4 Å². The Balaban J connectivity index is 1.56. The minimum atomic E-state index is 0.127. The molecule has 2 aromatic carbocycles. The monoisotopic (exact) mass is 395 g/mol. The Morgan fingerprint density at radius 3 is 2.14 bits per heavy atom. The van der Waals surface area contributed by atoms with E-state index in [2.05, 4.69) is 54.8 Å². The van der Waals surface area contributed by atoms with E-state index in [0.717, 1.165) is 50.6 Å². The van der Waals surface area contributed by atoms with Crippen LogP contribution in [0.25, 0.3) is 0 Å². The predicted molar refractivity (Wildman–Crippen MR) is 119 cm³/mol. The van der Waals surface area contributed by atoms with Crippen LogP contribution in [-0.4, -0.2) is 61.6 Å². The number of carbonyl (C=O) groups excluding carboxylic acids is 1. The lowest BCUT2D eigenvalue weighted by atomic mass is 10.1. The molecule has 0 aromatic heterocycles. The standard InChI is InChI=1S/C24H33N3O2/c1-5-25(19(2)3)18-20-6-8-21(9-7-20)24(28)27-16-14-26(15-17-27)22-10-12-23(29-4)13-11-22/h6-13,19H,5,14-18H2,1-4H3. The van der Waals surface area contributed by atoms with Crippen molar-refractivity contribution in [1.29, 1.82) is 0 Å². The molecule has 0 radical (unpaired) electrons. The zero-order valence-electron chi connectivity index (χ0n) is 18.1. The third kappa shape index (κ3) is 5.30. The summed E-state index contributed by atoms with van der Waals surface area (Å²) in [6, 6.07) is 16.8. The second kappa shape index (κ2) is 9.79. The maximum Gasteiger partial charge on any atom is 0.253 e. The molecule has 0 aliphatic carbocycles. The first-order valence-corrected chi connectivity index (χ1v) is 10.5. The van der Waals surface area contributed by atoms with Gasteiger partial charge >= 0.3 is 0 Å². The second-order valence-corrected chi connectivity index (χ2v) is 7.83. The van der Waals surface area contributed by atoms with Crippen molar-refractivity contribution in [3.8, 4) is 5.75 Å². The zero-order valence-corrected chi connectivity index (χ0v) is 18.1. The SMILES string of the molecule is CCN(Cc1ccc(C(=O)N2CCN(c3ccc(OC)cc3)CC2)cc1)C(C)C. The number of amides is 1. The first-order chi connectivity index (χ1) is 14.0. The number of ether oxygens (including phenoxy) is 1. The van der Waals surface area contributed by atoms with Crippen molar-refractivity contribution in [3.63, 3.8) is 0 Å². The lowest BCUT2D eigenvalue weighted by Crippen LogP contribution is -2.48. The van der Waals surface area contributed by atoms with Gasteiger partial charge in [-0.2, -0.15) is 0 Å². The highest BCUT2D eigenvalue weighted by molar-refractivity contribution is 5.94. The molecule has 0 spiro atoms. The van der Waals surface area contributed by atoms with Crippen LogP contribution in [0.15, 0.2) is 48.5 Å². The lowest BCUT2D eigenvalue weighted by Gasteiger charge is -2.36. The highest BCUT2D eigenvalue weighted by atomic mass is 16.5. The van der Waals surface area contributed by atoms with Crippen LogP contribution in [0.1, 0.15) is 36.7 Å². The van der Waals surface area contributed by atoms with Gasteiger partial charge in [0.25, 0.3) is 5.91 Å². The molecule has 1 aliphatic heterocycles. The molecule has 29 heavy (non-hydrogen) atoms. The van der Waals surface area contributed by atoms with Gasteiger partial charge in [-0.15, -0.1) is 0 Å². The van der Waals surface area contributed by atoms with Gasteiger partial charge < -0.3 is 14.5 Å². The molecule has 0 atom stereocenters.